The molecule has 1 heterocycles. The largest absolute Gasteiger partial charge is 0.371 e. The second-order valence-corrected chi connectivity index (χ2v) is 4.06. The molecule has 0 saturated carbocycles. The van der Waals surface area contributed by atoms with E-state index in [9.17, 15) is 0 Å². The third-order valence-corrected chi connectivity index (χ3v) is 3.07. The van der Waals surface area contributed by atoms with Gasteiger partial charge < -0.3 is 14.4 Å². The first-order chi connectivity index (χ1) is 7.86. The summed E-state index contributed by atoms with van der Waals surface area (Å²) in [6.45, 7) is 2.27. The van der Waals surface area contributed by atoms with Crippen LogP contribution in [0.2, 0.25) is 0 Å². The molecule has 1 aliphatic heterocycles. The standard InChI is InChI=1S/C13H19NO2/c1-15-13(16-2)11-7-3-4-8-12(11)14-9-5-6-10-14/h3-4,7-8,13H,5-6,9-10H2,1-2H3. The number of nitrogens with zero attached hydrogens (tertiary/aromatic N) is 1. The lowest BCUT2D eigenvalue weighted by Gasteiger charge is -2.24. The van der Waals surface area contributed by atoms with Crippen LogP contribution in [0.4, 0.5) is 5.69 Å². The Labute approximate surface area is 97.0 Å². The van der Waals surface area contributed by atoms with Crippen LogP contribution in [0.25, 0.3) is 0 Å². The van der Waals surface area contributed by atoms with Gasteiger partial charge in [-0.1, -0.05) is 18.2 Å². The highest BCUT2D eigenvalue weighted by molar-refractivity contribution is 5.54. The molecule has 1 aliphatic rings. The lowest BCUT2D eigenvalue weighted by molar-refractivity contribution is -0.105. The van der Waals surface area contributed by atoms with Gasteiger partial charge in [-0.05, 0) is 18.9 Å². The van der Waals surface area contributed by atoms with Crippen molar-refractivity contribution in [1.29, 1.82) is 0 Å². The number of hydrogen-bond donors (Lipinski definition) is 0. The molecule has 0 bridgehead atoms. The molecular weight excluding hydrogens is 202 g/mol. The molecule has 0 radical (unpaired) electrons. The normalized spacial score (nSPS) is 16.1. The zero-order valence-corrected chi connectivity index (χ0v) is 9.98. The Hall–Kier alpha value is -1.06. The van der Waals surface area contributed by atoms with E-state index >= 15 is 0 Å². The second kappa shape index (κ2) is 5.32. The van der Waals surface area contributed by atoms with Gasteiger partial charge in [-0.3, -0.25) is 0 Å². The zero-order chi connectivity index (χ0) is 11.4. The molecule has 0 N–H and O–H groups in total. The summed E-state index contributed by atoms with van der Waals surface area (Å²) in [5.74, 6) is 0. The lowest BCUT2D eigenvalue weighted by atomic mass is 10.1. The van der Waals surface area contributed by atoms with Gasteiger partial charge in [0.15, 0.2) is 6.29 Å². The first-order valence-electron chi connectivity index (χ1n) is 5.76. The Morgan fingerprint density at radius 2 is 1.69 bits per heavy atom. The predicted octanol–water partition coefficient (Wildman–Crippen LogP) is 2.58. The Kier molecular flexibility index (Phi) is 3.80. The van der Waals surface area contributed by atoms with Crippen molar-refractivity contribution >= 4 is 5.69 Å². The number of anilines is 1. The maximum absolute atomic E-state index is 5.34. The van der Waals surface area contributed by atoms with E-state index in [1.165, 1.54) is 18.5 Å². The van der Waals surface area contributed by atoms with Gasteiger partial charge in [0.05, 0.1) is 0 Å². The number of methoxy groups -OCH3 is 2. The minimum atomic E-state index is -0.267. The van der Waals surface area contributed by atoms with Crippen LogP contribution in [-0.4, -0.2) is 27.3 Å². The molecule has 1 aromatic rings. The van der Waals surface area contributed by atoms with Crippen molar-refractivity contribution in [2.75, 3.05) is 32.2 Å². The van der Waals surface area contributed by atoms with Crippen LogP contribution in [0.3, 0.4) is 0 Å². The number of ether oxygens (including phenoxy) is 2. The molecule has 16 heavy (non-hydrogen) atoms. The molecule has 0 aliphatic carbocycles. The topological polar surface area (TPSA) is 21.7 Å². The maximum atomic E-state index is 5.34. The van der Waals surface area contributed by atoms with Crippen LogP contribution in [0.5, 0.6) is 0 Å². The molecule has 3 heteroatoms. The van der Waals surface area contributed by atoms with Crippen LogP contribution >= 0.6 is 0 Å². The molecule has 3 nitrogen and oxygen atoms in total. The summed E-state index contributed by atoms with van der Waals surface area (Å²) in [5.41, 5.74) is 2.36. The van der Waals surface area contributed by atoms with E-state index in [0.717, 1.165) is 18.7 Å². The highest BCUT2D eigenvalue weighted by Crippen LogP contribution is 2.30. The average Bonchev–Trinajstić information content (AvgIpc) is 2.85. The van der Waals surface area contributed by atoms with Gasteiger partial charge in [0.1, 0.15) is 0 Å². The summed E-state index contributed by atoms with van der Waals surface area (Å²) in [4.78, 5) is 2.40. The molecule has 1 fully saturated rings. The van der Waals surface area contributed by atoms with Crippen molar-refractivity contribution in [3.8, 4) is 0 Å². The van der Waals surface area contributed by atoms with E-state index in [1.807, 2.05) is 6.07 Å². The fourth-order valence-electron chi connectivity index (χ4n) is 2.28. The predicted molar refractivity (Wildman–Crippen MR) is 64.6 cm³/mol. The van der Waals surface area contributed by atoms with E-state index in [0.29, 0.717) is 0 Å². The molecule has 1 saturated heterocycles. The maximum Gasteiger partial charge on any atom is 0.185 e. The quantitative estimate of drug-likeness (QED) is 0.729. The first-order valence-corrected chi connectivity index (χ1v) is 5.76. The van der Waals surface area contributed by atoms with Crippen molar-refractivity contribution in [3.05, 3.63) is 29.8 Å². The highest BCUT2D eigenvalue weighted by atomic mass is 16.7. The Morgan fingerprint density at radius 1 is 1.06 bits per heavy atom. The van der Waals surface area contributed by atoms with Crippen LogP contribution in [-0.2, 0) is 9.47 Å². The van der Waals surface area contributed by atoms with Gasteiger partial charge >= 0.3 is 0 Å². The minimum Gasteiger partial charge on any atom is -0.371 e. The van der Waals surface area contributed by atoms with E-state index in [2.05, 4.69) is 23.1 Å². The molecule has 0 spiro atoms. The molecule has 2 rings (SSSR count). The third kappa shape index (κ3) is 2.20. The number of para-hydroxylation sites is 1. The fourth-order valence-corrected chi connectivity index (χ4v) is 2.28. The van der Waals surface area contributed by atoms with Gasteiger partial charge in [0, 0.05) is 38.6 Å². The van der Waals surface area contributed by atoms with Gasteiger partial charge in [-0.15, -0.1) is 0 Å². The molecule has 0 unspecified atom stereocenters. The molecular formula is C13H19NO2. The third-order valence-electron chi connectivity index (χ3n) is 3.07. The van der Waals surface area contributed by atoms with Crippen molar-refractivity contribution in [2.45, 2.75) is 19.1 Å². The van der Waals surface area contributed by atoms with Crippen molar-refractivity contribution in [2.24, 2.45) is 0 Å². The Balaban J connectivity index is 2.28. The minimum absolute atomic E-state index is 0.267. The molecule has 1 aromatic carbocycles. The summed E-state index contributed by atoms with van der Waals surface area (Å²) < 4.78 is 10.7. The van der Waals surface area contributed by atoms with Gasteiger partial charge in [-0.2, -0.15) is 0 Å². The van der Waals surface area contributed by atoms with Gasteiger partial charge in [-0.25, -0.2) is 0 Å². The van der Waals surface area contributed by atoms with E-state index in [1.54, 1.807) is 14.2 Å². The summed E-state index contributed by atoms with van der Waals surface area (Å²) in [6, 6.07) is 8.32. The van der Waals surface area contributed by atoms with E-state index < -0.39 is 0 Å². The zero-order valence-electron chi connectivity index (χ0n) is 9.98. The van der Waals surface area contributed by atoms with Crippen molar-refractivity contribution in [1.82, 2.24) is 0 Å². The van der Waals surface area contributed by atoms with Crippen molar-refractivity contribution in [3.63, 3.8) is 0 Å². The lowest BCUT2D eigenvalue weighted by Crippen LogP contribution is -2.20. The number of benzene rings is 1. The SMILES string of the molecule is COC(OC)c1ccccc1N1CCCC1. The number of rotatable bonds is 4. The average molecular weight is 221 g/mol. The Morgan fingerprint density at radius 3 is 2.31 bits per heavy atom. The first kappa shape index (κ1) is 11.4. The van der Waals surface area contributed by atoms with Gasteiger partial charge in [0.25, 0.3) is 0 Å². The summed E-state index contributed by atoms with van der Waals surface area (Å²) in [5, 5.41) is 0. The second-order valence-electron chi connectivity index (χ2n) is 4.06. The van der Waals surface area contributed by atoms with Crippen molar-refractivity contribution < 1.29 is 9.47 Å². The monoisotopic (exact) mass is 221 g/mol. The number of hydrogen-bond acceptors (Lipinski definition) is 3. The van der Waals surface area contributed by atoms with E-state index in [-0.39, 0.29) is 6.29 Å². The Bertz CT molecular complexity index is 309. The molecule has 0 aromatic heterocycles. The summed E-state index contributed by atoms with van der Waals surface area (Å²) in [7, 11) is 3.35. The van der Waals surface area contributed by atoms with Gasteiger partial charge in [0.2, 0.25) is 0 Å². The van der Waals surface area contributed by atoms with Crippen LogP contribution in [0, 0.1) is 0 Å². The van der Waals surface area contributed by atoms with E-state index in [4.69, 9.17) is 9.47 Å². The van der Waals surface area contributed by atoms with Crippen LogP contribution in [0.15, 0.2) is 24.3 Å². The fraction of sp³-hybridized carbons (Fsp3) is 0.538. The highest BCUT2D eigenvalue weighted by Gasteiger charge is 2.19. The smallest absolute Gasteiger partial charge is 0.185 e. The summed E-state index contributed by atoms with van der Waals surface area (Å²) in [6.07, 6.45) is 2.29. The molecule has 0 atom stereocenters. The molecule has 88 valence electrons. The van der Waals surface area contributed by atoms with Crippen LogP contribution in [0.1, 0.15) is 24.7 Å². The summed E-state index contributed by atoms with van der Waals surface area (Å²) >= 11 is 0. The van der Waals surface area contributed by atoms with Crippen LogP contribution < -0.4 is 4.90 Å². The molecule has 0 amide bonds.